The van der Waals surface area contributed by atoms with Crippen molar-refractivity contribution in [2.75, 3.05) is 16.3 Å². The Bertz CT molecular complexity index is 710. The molecular formula is C14H17N3O2S. The Morgan fingerprint density at radius 1 is 1.10 bits per heavy atom. The Morgan fingerprint density at radius 2 is 1.85 bits per heavy atom. The number of sulfonamides is 1. The molecule has 0 spiro atoms. The van der Waals surface area contributed by atoms with Crippen molar-refractivity contribution >= 4 is 27.2 Å². The lowest BCUT2D eigenvalue weighted by Crippen LogP contribution is -2.09. The molecule has 1 aromatic heterocycles. The van der Waals surface area contributed by atoms with E-state index in [0.29, 0.717) is 11.5 Å². The number of aryl methyl sites for hydroxylation is 1. The van der Waals surface area contributed by atoms with E-state index in [0.717, 1.165) is 17.5 Å². The maximum Gasteiger partial charge on any atom is 0.229 e. The molecule has 0 aliphatic rings. The van der Waals surface area contributed by atoms with Gasteiger partial charge in [-0.25, -0.2) is 13.4 Å². The third kappa shape index (κ3) is 3.71. The van der Waals surface area contributed by atoms with Gasteiger partial charge < -0.3 is 5.32 Å². The molecule has 0 aliphatic carbocycles. The normalized spacial score (nSPS) is 11.2. The lowest BCUT2D eigenvalue weighted by Gasteiger charge is -2.11. The van der Waals surface area contributed by atoms with Gasteiger partial charge in [0.1, 0.15) is 5.82 Å². The molecule has 0 atom stereocenters. The summed E-state index contributed by atoms with van der Waals surface area (Å²) < 4.78 is 24.6. The minimum atomic E-state index is -3.27. The second-order valence-electron chi connectivity index (χ2n) is 4.68. The summed E-state index contributed by atoms with van der Waals surface area (Å²) >= 11 is 0. The molecule has 0 amide bonds. The van der Waals surface area contributed by atoms with Crippen LogP contribution < -0.4 is 10.0 Å². The maximum atomic E-state index is 11.1. The van der Waals surface area contributed by atoms with E-state index in [1.54, 1.807) is 12.1 Å². The van der Waals surface area contributed by atoms with E-state index in [1.165, 1.54) is 11.8 Å². The molecule has 6 heteroatoms. The number of nitrogens with one attached hydrogen (secondary N) is 2. The summed E-state index contributed by atoms with van der Waals surface area (Å²) in [6.07, 6.45) is 2.59. The van der Waals surface area contributed by atoms with E-state index in [2.05, 4.69) is 15.0 Å². The summed E-state index contributed by atoms with van der Waals surface area (Å²) in [4.78, 5) is 4.19. The third-order valence-electron chi connectivity index (χ3n) is 2.93. The number of benzene rings is 1. The molecule has 1 heterocycles. The van der Waals surface area contributed by atoms with Crippen LogP contribution in [0.4, 0.5) is 17.2 Å². The number of rotatable bonds is 4. The standard InChI is InChI=1S/C14H17N3O2S/c1-10-5-4-6-13(11(10)2)16-14-8-7-12(9-15-14)17-20(3,18)19/h4-9,17H,1-3H3,(H,15,16). The molecule has 0 saturated heterocycles. The van der Waals surface area contributed by atoms with Crippen molar-refractivity contribution in [3.63, 3.8) is 0 Å². The summed E-state index contributed by atoms with van der Waals surface area (Å²) in [6, 6.07) is 9.40. The summed E-state index contributed by atoms with van der Waals surface area (Å²) in [6.45, 7) is 4.09. The fourth-order valence-electron chi connectivity index (χ4n) is 1.77. The molecule has 1 aromatic carbocycles. The van der Waals surface area contributed by atoms with Crippen molar-refractivity contribution < 1.29 is 8.42 Å². The first kappa shape index (κ1) is 14.3. The minimum absolute atomic E-state index is 0.444. The second kappa shape index (κ2) is 5.50. The molecule has 2 N–H and O–H groups in total. The van der Waals surface area contributed by atoms with E-state index in [-0.39, 0.29) is 0 Å². The van der Waals surface area contributed by atoms with Gasteiger partial charge in [0, 0.05) is 5.69 Å². The zero-order chi connectivity index (χ0) is 14.8. The molecule has 5 nitrogen and oxygen atoms in total. The van der Waals surface area contributed by atoms with Crippen molar-refractivity contribution in [1.82, 2.24) is 4.98 Å². The molecule has 0 radical (unpaired) electrons. The molecule has 2 aromatic rings. The quantitative estimate of drug-likeness (QED) is 0.908. The zero-order valence-electron chi connectivity index (χ0n) is 11.6. The van der Waals surface area contributed by atoms with Crippen molar-refractivity contribution in [2.24, 2.45) is 0 Å². The summed E-state index contributed by atoms with van der Waals surface area (Å²) in [5.74, 6) is 0.665. The zero-order valence-corrected chi connectivity index (χ0v) is 12.5. The van der Waals surface area contributed by atoms with E-state index < -0.39 is 10.0 Å². The van der Waals surface area contributed by atoms with Gasteiger partial charge >= 0.3 is 0 Å². The topological polar surface area (TPSA) is 71.1 Å². The maximum absolute atomic E-state index is 11.1. The largest absolute Gasteiger partial charge is 0.340 e. The van der Waals surface area contributed by atoms with Crippen LogP contribution in [0.5, 0.6) is 0 Å². The van der Waals surface area contributed by atoms with Crippen LogP contribution >= 0.6 is 0 Å². The predicted octanol–water partition coefficient (Wildman–Crippen LogP) is 2.81. The van der Waals surface area contributed by atoms with Crippen LogP contribution in [0.3, 0.4) is 0 Å². The van der Waals surface area contributed by atoms with Crippen LogP contribution in [0.2, 0.25) is 0 Å². The van der Waals surface area contributed by atoms with E-state index >= 15 is 0 Å². The van der Waals surface area contributed by atoms with Crippen LogP contribution in [0.25, 0.3) is 0 Å². The highest BCUT2D eigenvalue weighted by Gasteiger charge is 2.04. The van der Waals surface area contributed by atoms with Gasteiger partial charge in [0.15, 0.2) is 0 Å². The van der Waals surface area contributed by atoms with Gasteiger partial charge in [0.05, 0.1) is 18.1 Å². The van der Waals surface area contributed by atoms with Gasteiger partial charge in [0.2, 0.25) is 10.0 Å². The monoisotopic (exact) mass is 291 g/mol. The Kier molecular flexibility index (Phi) is 3.94. The van der Waals surface area contributed by atoms with Gasteiger partial charge in [-0.3, -0.25) is 4.72 Å². The Labute approximate surface area is 119 Å². The molecule has 2 rings (SSSR count). The van der Waals surface area contributed by atoms with Crippen molar-refractivity contribution in [3.05, 3.63) is 47.7 Å². The van der Waals surface area contributed by atoms with Crippen molar-refractivity contribution in [2.45, 2.75) is 13.8 Å². The number of aromatic nitrogens is 1. The van der Waals surface area contributed by atoms with Crippen LogP contribution in [-0.4, -0.2) is 19.7 Å². The second-order valence-corrected chi connectivity index (χ2v) is 6.43. The highest BCUT2D eigenvalue weighted by Crippen LogP contribution is 2.22. The third-order valence-corrected chi connectivity index (χ3v) is 3.54. The number of hydrogen-bond donors (Lipinski definition) is 2. The molecule has 106 valence electrons. The van der Waals surface area contributed by atoms with E-state index in [9.17, 15) is 8.42 Å². The average molecular weight is 291 g/mol. The smallest absolute Gasteiger partial charge is 0.229 e. The van der Waals surface area contributed by atoms with E-state index in [4.69, 9.17) is 0 Å². The Morgan fingerprint density at radius 3 is 2.45 bits per heavy atom. The fourth-order valence-corrected chi connectivity index (χ4v) is 2.32. The molecule has 0 fully saturated rings. The number of anilines is 3. The summed E-state index contributed by atoms with van der Waals surface area (Å²) in [5, 5.41) is 3.21. The highest BCUT2D eigenvalue weighted by atomic mass is 32.2. The summed E-state index contributed by atoms with van der Waals surface area (Å²) in [7, 11) is -3.27. The SMILES string of the molecule is Cc1cccc(Nc2ccc(NS(C)(=O)=O)cn2)c1C. The van der Waals surface area contributed by atoms with Gasteiger partial charge in [0.25, 0.3) is 0 Å². The minimum Gasteiger partial charge on any atom is -0.340 e. The first-order chi connectivity index (χ1) is 9.35. The summed E-state index contributed by atoms with van der Waals surface area (Å²) in [5.41, 5.74) is 3.79. The first-order valence-electron chi connectivity index (χ1n) is 6.12. The molecule has 0 saturated carbocycles. The number of pyridine rings is 1. The lowest BCUT2D eigenvalue weighted by atomic mass is 10.1. The van der Waals surface area contributed by atoms with Crippen molar-refractivity contribution in [1.29, 1.82) is 0 Å². The van der Waals surface area contributed by atoms with Crippen LogP contribution in [0.15, 0.2) is 36.5 Å². The molecule has 0 unspecified atom stereocenters. The Balaban J connectivity index is 2.17. The predicted molar refractivity (Wildman–Crippen MR) is 81.9 cm³/mol. The number of hydrogen-bond acceptors (Lipinski definition) is 4. The fraction of sp³-hybridized carbons (Fsp3) is 0.214. The first-order valence-corrected chi connectivity index (χ1v) is 8.01. The molecule has 20 heavy (non-hydrogen) atoms. The van der Waals surface area contributed by atoms with Crippen LogP contribution in [0.1, 0.15) is 11.1 Å². The molecular weight excluding hydrogens is 274 g/mol. The van der Waals surface area contributed by atoms with Gasteiger partial charge in [-0.15, -0.1) is 0 Å². The van der Waals surface area contributed by atoms with Crippen molar-refractivity contribution in [3.8, 4) is 0 Å². The highest BCUT2D eigenvalue weighted by molar-refractivity contribution is 7.92. The lowest BCUT2D eigenvalue weighted by molar-refractivity contribution is 0.607. The van der Waals surface area contributed by atoms with Gasteiger partial charge in [-0.2, -0.15) is 0 Å². The molecule has 0 bridgehead atoms. The van der Waals surface area contributed by atoms with Gasteiger partial charge in [-0.1, -0.05) is 12.1 Å². The number of nitrogens with zero attached hydrogens (tertiary/aromatic N) is 1. The van der Waals surface area contributed by atoms with Crippen LogP contribution in [-0.2, 0) is 10.0 Å². The Hall–Kier alpha value is -2.08. The molecule has 0 aliphatic heterocycles. The van der Waals surface area contributed by atoms with E-state index in [1.807, 2.05) is 32.0 Å². The average Bonchev–Trinajstić information content (AvgIpc) is 2.35. The van der Waals surface area contributed by atoms with Gasteiger partial charge in [-0.05, 0) is 43.2 Å². The van der Waals surface area contributed by atoms with Crippen LogP contribution in [0, 0.1) is 13.8 Å².